The molecule has 0 heterocycles. The van der Waals surface area contributed by atoms with E-state index in [1.165, 1.54) is 6.07 Å². The first-order valence-electron chi connectivity index (χ1n) is 6.15. The highest BCUT2D eigenvalue weighted by Gasteiger charge is 2.14. The first-order valence-corrected chi connectivity index (χ1v) is 6.93. The molecule has 0 aromatic heterocycles. The minimum Gasteiger partial charge on any atom is -0.332 e. The fourth-order valence-corrected chi connectivity index (χ4v) is 2.14. The van der Waals surface area contributed by atoms with Gasteiger partial charge >= 0.3 is 5.69 Å². The Balaban J connectivity index is 2.14. The molecule has 0 aliphatic heterocycles. The van der Waals surface area contributed by atoms with Crippen LogP contribution in [0.3, 0.4) is 0 Å². The summed E-state index contributed by atoms with van der Waals surface area (Å²) >= 11 is 11.0. The Bertz CT molecular complexity index is 755. The lowest BCUT2D eigenvalue weighted by Crippen LogP contribution is -2.19. The fraction of sp³-hybridized carbons (Fsp3) is 0.0714. The zero-order valence-corrected chi connectivity index (χ0v) is 13.0. The van der Waals surface area contributed by atoms with E-state index >= 15 is 0 Å². The largest absolute Gasteiger partial charge is 0.332 e. The topological polar surface area (TPSA) is 67.2 Å². The van der Waals surface area contributed by atoms with Gasteiger partial charge < -0.3 is 10.6 Å². The second-order valence-corrected chi connectivity index (χ2v) is 5.31. The lowest BCUT2D eigenvalue weighted by atomic mass is 10.2. The monoisotopic (exact) mass is 339 g/mol. The number of nitrogens with one attached hydrogen (secondary N) is 2. The van der Waals surface area contributed by atoms with Crippen LogP contribution in [0.15, 0.2) is 36.4 Å². The smallest absolute Gasteiger partial charge is 0.306 e. The number of nitro groups is 1. The summed E-state index contributed by atoms with van der Waals surface area (Å²) < 4.78 is 13.3. The number of thiocarbonyl (C=S) groups is 1. The van der Waals surface area contributed by atoms with Gasteiger partial charge in [-0.05, 0) is 49.0 Å². The molecule has 0 atom stereocenters. The Labute approximate surface area is 136 Å². The van der Waals surface area contributed by atoms with E-state index in [-0.39, 0.29) is 5.11 Å². The van der Waals surface area contributed by atoms with Gasteiger partial charge in [-0.25, -0.2) is 0 Å². The van der Waals surface area contributed by atoms with E-state index in [2.05, 4.69) is 10.6 Å². The average Bonchev–Trinajstić information content (AvgIpc) is 2.44. The Morgan fingerprint density at radius 2 is 2.00 bits per heavy atom. The fourth-order valence-electron chi connectivity index (χ4n) is 1.74. The SMILES string of the molecule is Cc1ccc(Cl)cc1NC(=S)Nc1ccc(F)c([N+](=O)[O-])c1. The lowest BCUT2D eigenvalue weighted by molar-refractivity contribution is -0.387. The van der Waals surface area contributed by atoms with Gasteiger partial charge in [-0.15, -0.1) is 0 Å². The Morgan fingerprint density at radius 3 is 2.68 bits per heavy atom. The average molecular weight is 340 g/mol. The normalized spacial score (nSPS) is 10.1. The van der Waals surface area contributed by atoms with E-state index in [1.54, 1.807) is 12.1 Å². The van der Waals surface area contributed by atoms with Crippen molar-refractivity contribution in [1.82, 2.24) is 0 Å². The van der Waals surface area contributed by atoms with Gasteiger partial charge in [0.15, 0.2) is 5.11 Å². The van der Waals surface area contributed by atoms with Crippen LogP contribution in [0.2, 0.25) is 5.02 Å². The summed E-state index contributed by atoms with van der Waals surface area (Å²) in [5.74, 6) is -0.903. The second-order valence-electron chi connectivity index (χ2n) is 4.46. The lowest BCUT2D eigenvalue weighted by Gasteiger charge is -2.12. The van der Waals surface area contributed by atoms with Crippen molar-refractivity contribution in [2.24, 2.45) is 0 Å². The zero-order valence-electron chi connectivity index (χ0n) is 11.4. The summed E-state index contributed by atoms with van der Waals surface area (Å²) in [6.07, 6.45) is 0. The van der Waals surface area contributed by atoms with Crippen LogP contribution < -0.4 is 10.6 Å². The summed E-state index contributed by atoms with van der Waals surface area (Å²) in [6.45, 7) is 1.88. The van der Waals surface area contributed by atoms with Crippen molar-refractivity contribution in [2.45, 2.75) is 6.92 Å². The number of halogens is 2. The molecule has 0 amide bonds. The van der Waals surface area contributed by atoms with Gasteiger partial charge in [0.2, 0.25) is 5.82 Å². The molecule has 0 spiro atoms. The van der Waals surface area contributed by atoms with Gasteiger partial charge in [0.25, 0.3) is 0 Å². The number of anilines is 2. The molecule has 0 aliphatic rings. The maximum atomic E-state index is 13.3. The molecule has 114 valence electrons. The van der Waals surface area contributed by atoms with Crippen LogP contribution in [0, 0.1) is 22.9 Å². The van der Waals surface area contributed by atoms with E-state index in [0.29, 0.717) is 16.4 Å². The van der Waals surface area contributed by atoms with Crippen LogP contribution in [-0.2, 0) is 0 Å². The highest BCUT2D eigenvalue weighted by molar-refractivity contribution is 7.80. The van der Waals surface area contributed by atoms with E-state index in [1.807, 2.05) is 13.0 Å². The quantitative estimate of drug-likeness (QED) is 0.489. The standard InChI is InChI=1S/C14H11ClFN3O2S/c1-8-2-3-9(15)6-12(8)18-14(22)17-10-4-5-11(16)13(7-10)19(20)21/h2-7H,1H3,(H2,17,18,22). The molecule has 0 saturated carbocycles. The number of nitrogens with zero attached hydrogens (tertiary/aromatic N) is 1. The van der Waals surface area contributed by atoms with Crippen molar-refractivity contribution in [2.75, 3.05) is 10.6 Å². The molecule has 2 aromatic rings. The maximum absolute atomic E-state index is 13.3. The molecule has 0 unspecified atom stereocenters. The number of nitro benzene ring substituents is 1. The Morgan fingerprint density at radius 1 is 1.27 bits per heavy atom. The minimum absolute atomic E-state index is 0.214. The van der Waals surface area contributed by atoms with Crippen molar-refractivity contribution in [3.05, 3.63) is 62.9 Å². The van der Waals surface area contributed by atoms with Crippen LogP contribution in [0.25, 0.3) is 0 Å². The summed E-state index contributed by atoms with van der Waals surface area (Å²) in [4.78, 5) is 9.91. The predicted octanol–water partition coefficient (Wildman–Crippen LogP) is 4.50. The number of hydrogen-bond donors (Lipinski definition) is 2. The highest BCUT2D eigenvalue weighted by atomic mass is 35.5. The van der Waals surface area contributed by atoms with Gasteiger partial charge in [0.1, 0.15) is 0 Å². The van der Waals surface area contributed by atoms with Crippen molar-refractivity contribution in [1.29, 1.82) is 0 Å². The third-order valence-corrected chi connectivity index (χ3v) is 3.29. The summed E-state index contributed by atoms with van der Waals surface area (Å²) in [7, 11) is 0. The van der Waals surface area contributed by atoms with Crippen LogP contribution in [0.5, 0.6) is 0 Å². The van der Waals surface area contributed by atoms with E-state index in [9.17, 15) is 14.5 Å². The Kier molecular flexibility index (Phi) is 4.89. The molecule has 0 radical (unpaired) electrons. The third kappa shape index (κ3) is 3.90. The van der Waals surface area contributed by atoms with Gasteiger partial charge in [0, 0.05) is 22.5 Å². The maximum Gasteiger partial charge on any atom is 0.306 e. The highest BCUT2D eigenvalue weighted by Crippen LogP contribution is 2.23. The molecule has 0 fully saturated rings. The van der Waals surface area contributed by atoms with Crippen LogP contribution in [0.1, 0.15) is 5.56 Å². The molecule has 2 rings (SSSR count). The third-order valence-electron chi connectivity index (χ3n) is 2.85. The summed E-state index contributed by atoms with van der Waals surface area (Å²) in [5.41, 5.74) is 1.33. The first-order chi connectivity index (χ1) is 10.4. The summed E-state index contributed by atoms with van der Waals surface area (Å²) in [5, 5.41) is 17.2. The van der Waals surface area contributed by atoms with Crippen LogP contribution in [0.4, 0.5) is 21.5 Å². The molecule has 8 heteroatoms. The molecule has 0 aliphatic carbocycles. The molecule has 2 aromatic carbocycles. The molecule has 22 heavy (non-hydrogen) atoms. The molecular formula is C14H11ClFN3O2S. The van der Waals surface area contributed by atoms with E-state index in [0.717, 1.165) is 17.7 Å². The van der Waals surface area contributed by atoms with Gasteiger partial charge in [-0.1, -0.05) is 17.7 Å². The van der Waals surface area contributed by atoms with Crippen LogP contribution >= 0.6 is 23.8 Å². The molecule has 0 bridgehead atoms. The molecular weight excluding hydrogens is 329 g/mol. The van der Waals surface area contributed by atoms with Gasteiger partial charge in [0.05, 0.1) is 4.92 Å². The van der Waals surface area contributed by atoms with Crippen molar-refractivity contribution in [3.8, 4) is 0 Å². The zero-order chi connectivity index (χ0) is 16.3. The van der Waals surface area contributed by atoms with E-state index < -0.39 is 16.4 Å². The molecule has 5 nitrogen and oxygen atoms in total. The number of aryl methyl sites for hydroxylation is 1. The van der Waals surface area contributed by atoms with Crippen molar-refractivity contribution >= 4 is 46.0 Å². The second kappa shape index (κ2) is 6.67. The first kappa shape index (κ1) is 16.1. The van der Waals surface area contributed by atoms with Crippen molar-refractivity contribution in [3.63, 3.8) is 0 Å². The minimum atomic E-state index is -0.903. The van der Waals surface area contributed by atoms with Gasteiger partial charge in [-0.2, -0.15) is 4.39 Å². The molecule has 0 saturated heterocycles. The Hall–Kier alpha value is -2.25. The number of benzene rings is 2. The predicted molar refractivity (Wildman–Crippen MR) is 89.1 cm³/mol. The number of rotatable bonds is 3. The van der Waals surface area contributed by atoms with Gasteiger partial charge in [-0.3, -0.25) is 10.1 Å². The summed E-state index contributed by atoms with van der Waals surface area (Å²) in [6, 6.07) is 8.73. The number of hydrogen-bond acceptors (Lipinski definition) is 3. The van der Waals surface area contributed by atoms with Crippen molar-refractivity contribution < 1.29 is 9.31 Å². The van der Waals surface area contributed by atoms with E-state index in [4.69, 9.17) is 23.8 Å². The van der Waals surface area contributed by atoms with Crippen LogP contribution in [-0.4, -0.2) is 10.0 Å². The molecule has 2 N–H and O–H groups in total.